The number of nitrogens with zero attached hydrogens (tertiary/aromatic N) is 2. The maximum atomic E-state index is 4.30. The lowest BCUT2D eigenvalue weighted by atomic mass is 10.1. The van der Waals surface area contributed by atoms with Crippen molar-refractivity contribution in [2.45, 2.75) is 39.7 Å². The van der Waals surface area contributed by atoms with Crippen LogP contribution in [0.5, 0.6) is 0 Å². The molecule has 1 fully saturated rings. The van der Waals surface area contributed by atoms with E-state index in [0.717, 1.165) is 44.0 Å². The van der Waals surface area contributed by atoms with Crippen molar-refractivity contribution in [3.63, 3.8) is 0 Å². The average molecular weight is 299 g/mol. The predicted octanol–water partition coefficient (Wildman–Crippen LogP) is 4.05. The van der Waals surface area contributed by atoms with E-state index < -0.39 is 0 Å². The molecule has 1 saturated heterocycles. The Morgan fingerprint density at radius 1 is 1.23 bits per heavy atom. The first-order valence-corrected chi connectivity index (χ1v) is 8.34. The van der Waals surface area contributed by atoms with Crippen LogP contribution in [0.1, 0.15) is 39.2 Å². The van der Waals surface area contributed by atoms with Gasteiger partial charge in [0.25, 0.3) is 0 Å². The second-order valence-corrected chi connectivity index (χ2v) is 6.08. The molecule has 1 aromatic rings. The summed E-state index contributed by atoms with van der Waals surface area (Å²) in [6, 6.07) is 9.13. The van der Waals surface area contributed by atoms with E-state index >= 15 is 0 Å². The smallest absolute Gasteiger partial charge is 0.0987 e. The van der Waals surface area contributed by atoms with E-state index in [2.05, 4.69) is 73.3 Å². The van der Waals surface area contributed by atoms with Crippen LogP contribution in [0.15, 0.2) is 43.2 Å². The molecule has 0 bridgehead atoms. The van der Waals surface area contributed by atoms with Gasteiger partial charge >= 0.3 is 0 Å². The average Bonchev–Trinajstić information content (AvgIpc) is 2.85. The van der Waals surface area contributed by atoms with Crippen molar-refractivity contribution >= 4 is 11.4 Å². The van der Waals surface area contributed by atoms with Crippen LogP contribution in [0.4, 0.5) is 5.69 Å². The summed E-state index contributed by atoms with van der Waals surface area (Å²) in [5.74, 6) is 0.984. The summed E-state index contributed by atoms with van der Waals surface area (Å²) >= 11 is 0. The number of hydrogen-bond donors (Lipinski definition) is 1. The van der Waals surface area contributed by atoms with Gasteiger partial charge in [-0.2, -0.15) is 0 Å². The summed E-state index contributed by atoms with van der Waals surface area (Å²) < 4.78 is 0. The van der Waals surface area contributed by atoms with Gasteiger partial charge in [0, 0.05) is 37.1 Å². The molecule has 120 valence electrons. The SMILES string of the molecule is C=C(c1ccc(N2CC(C)NC2=C)cc1)N(CCC)CCC. The van der Waals surface area contributed by atoms with Gasteiger partial charge in [-0.05, 0) is 37.5 Å². The Kier molecular flexibility index (Phi) is 5.53. The van der Waals surface area contributed by atoms with Gasteiger partial charge in [0.15, 0.2) is 0 Å². The summed E-state index contributed by atoms with van der Waals surface area (Å²) in [5.41, 5.74) is 3.52. The molecule has 2 rings (SSSR count). The first kappa shape index (κ1) is 16.5. The van der Waals surface area contributed by atoms with Crippen LogP contribution in [0.3, 0.4) is 0 Å². The molecule has 3 nitrogen and oxygen atoms in total. The van der Waals surface area contributed by atoms with E-state index in [1.165, 1.54) is 11.3 Å². The topological polar surface area (TPSA) is 18.5 Å². The summed E-state index contributed by atoms with van der Waals surface area (Å²) in [6.07, 6.45) is 2.29. The second-order valence-electron chi connectivity index (χ2n) is 6.08. The monoisotopic (exact) mass is 299 g/mol. The Hall–Kier alpha value is -1.90. The van der Waals surface area contributed by atoms with Gasteiger partial charge < -0.3 is 15.1 Å². The zero-order valence-electron chi connectivity index (χ0n) is 14.2. The fraction of sp³-hybridized carbons (Fsp3) is 0.474. The summed E-state index contributed by atoms with van der Waals surface area (Å²) in [5, 5.41) is 3.36. The highest BCUT2D eigenvalue weighted by Crippen LogP contribution is 2.25. The Morgan fingerprint density at radius 3 is 2.27 bits per heavy atom. The van der Waals surface area contributed by atoms with Crippen molar-refractivity contribution in [1.29, 1.82) is 0 Å². The van der Waals surface area contributed by atoms with Gasteiger partial charge in [-0.1, -0.05) is 39.1 Å². The van der Waals surface area contributed by atoms with E-state index in [1.54, 1.807) is 0 Å². The van der Waals surface area contributed by atoms with Crippen LogP contribution in [0, 0.1) is 0 Å². The number of anilines is 1. The Morgan fingerprint density at radius 2 is 1.82 bits per heavy atom. The third kappa shape index (κ3) is 3.65. The maximum absolute atomic E-state index is 4.30. The molecule has 0 aliphatic carbocycles. The number of benzene rings is 1. The number of rotatable bonds is 7. The molecule has 1 aromatic carbocycles. The zero-order valence-corrected chi connectivity index (χ0v) is 14.2. The van der Waals surface area contributed by atoms with Gasteiger partial charge in [-0.25, -0.2) is 0 Å². The molecule has 1 atom stereocenters. The highest BCUT2D eigenvalue weighted by Gasteiger charge is 2.21. The molecule has 0 saturated carbocycles. The van der Waals surface area contributed by atoms with Crippen molar-refractivity contribution in [2.75, 3.05) is 24.5 Å². The lowest BCUT2D eigenvalue weighted by Gasteiger charge is -2.26. The maximum Gasteiger partial charge on any atom is 0.0987 e. The van der Waals surface area contributed by atoms with Crippen molar-refractivity contribution in [3.05, 3.63) is 48.8 Å². The molecule has 1 aliphatic heterocycles. The minimum Gasteiger partial charge on any atom is -0.372 e. The highest BCUT2D eigenvalue weighted by molar-refractivity contribution is 5.65. The summed E-state index contributed by atoms with van der Waals surface area (Å²) in [7, 11) is 0. The highest BCUT2D eigenvalue weighted by atomic mass is 15.3. The summed E-state index contributed by atoms with van der Waals surface area (Å²) in [4.78, 5) is 4.61. The van der Waals surface area contributed by atoms with E-state index in [1.807, 2.05) is 0 Å². The normalized spacial score (nSPS) is 17.5. The van der Waals surface area contributed by atoms with Gasteiger partial charge in [0.1, 0.15) is 0 Å². The van der Waals surface area contributed by atoms with Crippen LogP contribution in [0.2, 0.25) is 0 Å². The molecule has 0 amide bonds. The van der Waals surface area contributed by atoms with Gasteiger partial charge in [-0.3, -0.25) is 0 Å². The van der Waals surface area contributed by atoms with Crippen LogP contribution < -0.4 is 10.2 Å². The van der Waals surface area contributed by atoms with E-state index in [9.17, 15) is 0 Å². The van der Waals surface area contributed by atoms with Crippen molar-refractivity contribution in [3.8, 4) is 0 Å². The third-order valence-electron chi connectivity index (χ3n) is 4.08. The van der Waals surface area contributed by atoms with Crippen molar-refractivity contribution in [1.82, 2.24) is 10.2 Å². The zero-order chi connectivity index (χ0) is 16.1. The van der Waals surface area contributed by atoms with E-state index in [4.69, 9.17) is 0 Å². The molecule has 0 aromatic heterocycles. The van der Waals surface area contributed by atoms with Crippen LogP contribution in [-0.4, -0.2) is 30.6 Å². The first-order chi connectivity index (χ1) is 10.6. The molecule has 0 spiro atoms. The fourth-order valence-electron chi connectivity index (χ4n) is 2.99. The van der Waals surface area contributed by atoms with Crippen LogP contribution >= 0.6 is 0 Å². The molecular formula is C19H29N3. The summed E-state index contributed by atoms with van der Waals surface area (Å²) in [6.45, 7) is 18.1. The first-order valence-electron chi connectivity index (χ1n) is 8.34. The third-order valence-corrected chi connectivity index (χ3v) is 4.08. The van der Waals surface area contributed by atoms with Gasteiger partial charge in [0.05, 0.1) is 5.82 Å². The Labute approximate surface area is 135 Å². The van der Waals surface area contributed by atoms with E-state index in [-0.39, 0.29) is 0 Å². The molecule has 1 heterocycles. The molecule has 22 heavy (non-hydrogen) atoms. The molecule has 3 heteroatoms. The lowest BCUT2D eigenvalue weighted by molar-refractivity contribution is 0.397. The van der Waals surface area contributed by atoms with Gasteiger partial charge in [0.2, 0.25) is 0 Å². The largest absolute Gasteiger partial charge is 0.372 e. The standard InChI is InChI=1S/C19H29N3/c1-6-12-21(13-7-2)16(4)18-8-10-19(11-9-18)22-14-15(3)20-17(22)5/h8-11,15,20H,4-7,12-14H2,1-3H3. The predicted molar refractivity (Wildman–Crippen MR) is 96.7 cm³/mol. The van der Waals surface area contributed by atoms with Crippen LogP contribution in [-0.2, 0) is 0 Å². The van der Waals surface area contributed by atoms with Crippen LogP contribution in [0.25, 0.3) is 5.70 Å². The molecule has 0 radical (unpaired) electrons. The Bertz CT molecular complexity index is 512. The minimum absolute atomic E-state index is 0.451. The quantitative estimate of drug-likeness (QED) is 0.819. The number of hydrogen-bond acceptors (Lipinski definition) is 3. The Balaban J connectivity index is 2.11. The molecule has 1 unspecified atom stereocenters. The lowest BCUT2D eigenvalue weighted by Crippen LogP contribution is -2.23. The van der Waals surface area contributed by atoms with Crippen molar-refractivity contribution < 1.29 is 0 Å². The second kappa shape index (κ2) is 7.39. The van der Waals surface area contributed by atoms with Gasteiger partial charge in [-0.15, -0.1) is 0 Å². The molecule has 1 aliphatic rings. The molecular weight excluding hydrogens is 270 g/mol. The number of nitrogens with one attached hydrogen (secondary N) is 1. The van der Waals surface area contributed by atoms with E-state index in [0.29, 0.717) is 6.04 Å². The van der Waals surface area contributed by atoms with Crippen molar-refractivity contribution in [2.24, 2.45) is 0 Å². The minimum atomic E-state index is 0.451. The fourth-order valence-corrected chi connectivity index (χ4v) is 2.99. The molecule has 1 N–H and O–H groups in total.